The highest BCUT2D eigenvalue weighted by molar-refractivity contribution is 6.33. The smallest absolute Gasteiger partial charge is 0.335 e. The lowest BCUT2D eigenvalue weighted by atomic mass is 10.2. The fourth-order valence-corrected chi connectivity index (χ4v) is 1.76. The number of benzene rings is 1. The van der Waals surface area contributed by atoms with Gasteiger partial charge in [0.1, 0.15) is 0 Å². The van der Waals surface area contributed by atoms with Gasteiger partial charge in [-0.25, -0.2) is 4.79 Å². The van der Waals surface area contributed by atoms with Gasteiger partial charge < -0.3 is 10.4 Å². The second kappa shape index (κ2) is 7.11. The highest BCUT2D eigenvalue weighted by atomic mass is 35.5. The monoisotopic (exact) mass is 284 g/mol. The van der Waals surface area contributed by atoms with E-state index in [9.17, 15) is 9.59 Å². The Hall–Kier alpha value is -1.59. The predicted octanol–water partition coefficient (Wildman–Crippen LogP) is 2.32. The van der Waals surface area contributed by atoms with Gasteiger partial charge in [-0.2, -0.15) is 0 Å². The van der Waals surface area contributed by atoms with Gasteiger partial charge in [-0.1, -0.05) is 25.4 Å². The third-order valence-electron chi connectivity index (χ3n) is 2.75. The molecule has 19 heavy (non-hydrogen) atoms. The first-order chi connectivity index (χ1) is 8.97. The van der Waals surface area contributed by atoms with E-state index in [1.807, 2.05) is 18.7 Å². The van der Waals surface area contributed by atoms with Crippen molar-refractivity contribution in [3.63, 3.8) is 0 Å². The molecule has 0 unspecified atom stereocenters. The number of amides is 1. The van der Waals surface area contributed by atoms with Gasteiger partial charge in [0.25, 0.3) is 0 Å². The number of carbonyl (C=O) groups excluding carboxylic acids is 1. The van der Waals surface area contributed by atoms with Crippen LogP contribution in [-0.4, -0.2) is 41.5 Å². The molecule has 0 aliphatic heterocycles. The Bertz CT molecular complexity index is 473. The summed E-state index contributed by atoms with van der Waals surface area (Å²) in [7, 11) is 0. The summed E-state index contributed by atoms with van der Waals surface area (Å²) >= 11 is 5.93. The van der Waals surface area contributed by atoms with Crippen molar-refractivity contribution in [2.45, 2.75) is 13.8 Å². The molecule has 0 aliphatic carbocycles. The number of halogens is 1. The van der Waals surface area contributed by atoms with Crippen LogP contribution in [0.4, 0.5) is 5.69 Å². The average molecular weight is 285 g/mol. The number of aromatic carboxylic acids is 1. The molecular weight excluding hydrogens is 268 g/mol. The van der Waals surface area contributed by atoms with E-state index in [4.69, 9.17) is 16.7 Å². The zero-order valence-corrected chi connectivity index (χ0v) is 11.7. The molecule has 0 aromatic heterocycles. The van der Waals surface area contributed by atoms with Crippen LogP contribution in [0, 0.1) is 0 Å². The van der Waals surface area contributed by atoms with Crippen LogP contribution in [0.5, 0.6) is 0 Å². The second-order valence-corrected chi connectivity index (χ2v) is 4.42. The summed E-state index contributed by atoms with van der Waals surface area (Å²) in [5.41, 5.74) is 0.404. The van der Waals surface area contributed by atoms with Gasteiger partial charge in [0.05, 0.1) is 22.8 Å². The standard InChI is InChI=1S/C13H17ClN2O3/c1-3-16(4-2)8-12(17)15-11-7-9(13(18)19)5-6-10(11)14/h5-7H,3-4,8H2,1-2H3,(H,15,17)(H,18,19). The van der Waals surface area contributed by atoms with Gasteiger partial charge in [0.2, 0.25) is 5.91 Å². The Morgan fingerprint density at radius 1 is 1.32 bits per heavy atom. The van der Waals surface area contributed by atoms with E-state index in [-0.39, 0.29) is 18.0 Å². The SMILES string of the molecule is CCN(CC)CC(=O)Nc1cc(C(=O)O)ccc1Cl. The molecule has 2 N–H and O–H groups in total. The molecule has 0 saturated carbocycles. The van der Waals surface area contributed by atoms with Gasteiger partial charge in [0.15, 0.2) is 0 Å². The molecule has 104 valence electrons. The highest BCUT2D eigenvalue weighted by Crippen LogP contribution is 2.23. The van der Waals surface area contributed by atoms with Crippen molar-refractivity contribution in [3.05, 3.63) is 28.8 Å². The zero-order chi connectivity index (χ0) is 14.4. The summed E-state index contributed by atoms with van der Waals surface area (Å²) in [6, 6.07) is 4.20. The molecule has 5 nitrogen and oxygen atoms in total. The minimum Gasteiger partial charge on any atom is -0.478 e. The van der Waals surface area contributed by atoms with Crippen LogP contribution in [0.2, 0.25) is 5.02 Å². The van der Waals surface area contributed by atoms with Crippen LogP contribution in [-0.2, 0) is 4.79 Å². The summed E-state index contributed by atoms with van der Waals surface area (Å²) < 4.78 is 0. The van der Waals surface area contributed by atoms with Crippen molar-refractivity contribution in [1.82, 2.24) is 4.90 Å². The summed E-state index contributed by atoms with van der Waals surface area (Å²) in [4.78, 5) is 24.6. The lowest BCUT2D eigenvalue weighted by Crippen LogP contribution is -2.33. The van der Waals surface area contributed by atoms with E-state index in [1.165, 1.54) is 18.2 Å². The molecule has 0 spiro atoms. The largest absolute Gasteiger partial charge is 0.478 e. The maximum absolute atomic E-state index is 11.8. The van der Waals surface area contributed by atoms with Gasteiger partial charge in [-0.3, -0.25) is 9.69 Å². The third kappa shape index (κ3) is 4.54. The van der Waals surface area contributed by atoms with Crippen LogP contribution in [0.1, 0.15) is 24.2 Å². The molecule has 1 aromatic carbocycles. The average Bonchev–Trinajstić information content (AvgIpc) is 2.38. The Balaban J connectivity index is 2.78. The predicted molar refractivity (Wildman–Crippen MR) is 74.8 cm³/mol. The quantitative estimate of drug-likeness (QED) is 0.841. The van der Waals surface area contributed by atoms with E-state index in [0.29, 0.717) is 10.7 Å². The van der Waals surface area contributed by atoms with E-state index in [2.05, 4.69) is 5.32 Å². The van der Waals surface area contributed by atoms with Gasteiger partial charge in [-0.05, 0) is 31.3 Å². The molecule has 0 saturated heterocycles. The number of hydrogen-bond acceptors (Lipinski definition) is 3. The summed E-state index contributed by atoms with van der Waals surface area (Å²) in [5, 5.41) is 11.8. The number of hydrogen-bond donors (Lipinski definition) is 2. The number of nitrogens with zero attached hydrogens (tertiary/aromatic N) is 1. The molecule has 0 atom stereocenters. The Morgan fingerprint density at radius 2 is 1.95 bits per heavy atom. The second-order valence-electron chi connectivity index (χ2n) is 4.01. The van der Waals surface area contributed by atoms with E-state index < -0.39 is 5.97 Å². The molecule has 0 fully saturated rings. The maximum Gasteiger partial charge on any atom is 0.335 e. The normalized spacial score (nSPS) is 10.5. The third-order valence-corrected chi connectivity index (χ3v) is 3.08. The minimum absolute atomic E-state index is 0.0857. The Morgan fingerprint density at radius 3 is 2.47 bits per heavy atom. The summed E-state index contributed by atoms with van der Waals surface area (Å²) in [6.45, 7) is 5.73. The molecule has 0 radical (unpaired) electrons. The maximum atomic E-state index is 11.8. The van der Waals surface area contributed by atoms with Crippen molar-refractivity contribution in [2.75, 3.05) is 25.0 Å². The summed E-state index contributed by atoms with van der Waals surface area (Å²) in [5.74, 6) is -1.27. The summed E-state index contributed by atoms with van der Waals surface area (Å²) in [6.07, 6.45) is 0. The first kappa shape index (κ1) is 15.5. The van der Waals surface area contributed by atoms with Gasteiger partial charge in [-0.15, -0.1) is 0 Å². The van der Waals surface area contributed by atoms with E-state index in [0.717, 1.165) is 13.1 Å². The number of nitrogens with one attached hydrogen (secondary N) is 1. The number of carboxylic acids is 1. The fourth-order valence-electron chi connectivity index (χ4n) is 1.59. The molecular formula is C13H17ClN2O3. The van der Waals surface area contributed by atoms with Crippen LogP contribution in [0.15, 0.2) is 18.2 Å². The minimum atomic E-state index is -1.06. The molecule has 0 aliphatic rings. The van der Waals surface area contributed by atoms with E-state index >= 15 is 0 Å². The molecule has 0 bridgehead atoms. The molecule has 0 heterocycles. The zero-order valence-electron chi connectivity index (χ0n) is 10.9. The number of carbonyl (C=O) groups is 2. The Kier molecular flexibility index (Phi) is 5.79. The van der Waals surface area contributed by atoms with Crippen molar-refractivity contribution in [1.29, 1.82) is 0 Å². The van der Waals surface area contributed by atoms with Crippen molar-refractivity contribution in [2.24, 2.45) is 0 Å². The van der Waals surface area contributed by atoms with Crippen molar-refractivity contribution < 1.29 is 14.7 Å². The first-order valence-electron chi connectivity index (χ1n) is 6.03. The number of carboxylic acid groups (broad SMARTS) is 1. The Labute approximate surface area is 117 Å². The fraction of sp³-hybridized carbons (Fsp3) is 0.385. The number of rotatable bonds is 6. The topological polar surface area (TPSA) is 69.6 Å². The lowest BCUT2D eigenvalue weighted by Gasteiger charge is -2.17. The van der Waals surface area contributed by atoms with Gasteiger partial charge >= 0.3 is 5.97 Å². The van der Waals surface area contributed by atoms with Crippen LogP contribution in [0.3, 0.4) is 0 Å². The number of likely N-dealkylation sites (N-methyl/N-ethyl adjacent to an activating group) is 1. The van der Waals surface area contributed by atoms with E-state index in [1.54, 1.807) is 0 Å². The lowest BCUT2D eigenvalue weighted by molar-refractivity contribution is -0.117. The van der Waals surface area contributed by atoms with Crippen molar-refractivity contribution >= 4 is 29.2 Å². The molecule has 1 amide bonds. The van der Waals surface area contributed by atoms with Crippen LogP contribution >= 0.6 is 11.6 Å². The highest BCUT2D eigenvalue weighted by Gasteiger charge is 2.12. The first-order valence-corrected chi connectivity index (χ1v) is 6.40. The van der Waals surface area contributed by atoms with Crippen LogP contribution < -0.4 is 5.32 Å². The van der Waals surface area contributed by atoms with Crippen molar-refractivity contribution in [3.8, 4) is 0 Å². The van der Waals surface area contributed by atoms with Crippen LogP contribution in [0.25, 0.3) is 0 Å². The number of anilines is 1. The molecule has 1 aromatic rings. The van der Waals surface area contributed by atoms with Gasteiger partial charge in [0, 0.05) is 0 Å². The molecule has 6 heteroatoms. The molecule has 1 rings (SSSR count).